The summed E-state index contributed by atoms with van der Waals surface area (Å²) in [4.78, 5) is 5.78. The first-order chi connectivity index (χ1) is 12.4. The van der Waals surface area contributed by atoms with Gasteiger partial charge in [-0.2, -0.15) is 13.2 Å². The Kier molecular flexibility index (Phi) is 7.73. The van der Waals surface area contributed by atoms with Gasteiger partial charge in [0.2, 0.25) is 0 Å². The Labute approximate surface area is 173 Å². The number of aliphatic imine (C=N–C) groups is 1. The molecule has 2 N–H and O–H groups in total. The molecule has 0 bridgehead atoms. The van der Waals surface area contributed by atoms with E-state index in [-0.39, 0.29) is 47.8 Å². The highest BCUT2D eigenvalue weighted by Crippen LogP contribution is 2.41. The molecule has 9 heteroatoms. The van der Waals surface area contributed by atoms with E-state index in [1.165, 1.54) is 11.0 Å². The molecule has 0 radical (unpaired) electrons. The summed E-state index contributed by atoms with van der Waals surface area (Å²) in [6.07, 6.45) is -2.72. The van der Waals surface area contributed by atoms with Gasteiger partial charge in [0.05, 0.1) is 6.54 Å². The number of rotatable bonds is 5. The van der Waals surface area contributed by atoms with E-state index in [9.17, 15) is 17.6 Å². The number of likely N-dealkylation sites (tertiary alicyclic amines) is 1. The largest absolute Gasteiger partial charge is 0.401 e. The number of nitrogens with one attached hydrogen (secondary N) is 2. The van der Waals surface area contributed by atoms with Crippen LogP contribution in [0.25, 0.3) is 0 Å². The SMILES string of the molecule is CCN=C(NC1CCN(CC(F)(F)F)C1)NC1CC1c1ccccc1F.I. The second kappa shape index (κ2) is 9.40. The fraction of sp³-hybridized carbons (Fsp3) is 0.611. The summed E-state index contributed by atoms with van der Waals surface area (Å²) in [6.45, 7) is 2.33. The van der Waals surface area contributed by atoms with E-state index >= 15 is 0 Å². The smallest absolute Gasteiger partial charge is 0.353 e. The second-order valence-electron chi connectivity index (χ2n) is 6.92. The Balaban J connectivity index is 0.00000261. The van der Waals surface area contributed by atoms with Crippen molar-refractivity contribution < 1.29 is 17.6 Å². The van der Waals surface area contributed by atoms with Gasteiger partial charge in [0.25, 0.3) is 0 Å². The third-order valence-electron chi connectivity index (χ3n) is 4.75. The van der Waals surface area contributed by atoms with E-state index in [0.717, 1.165) is 6.42 Å². The second-order valence-corrected chi connectivity index (χ2v) is 6.92. The zero-order valence-corrected chi connectivity index (χ0v) is 17.4. The topological polar surface area (TPSA) is 39.7 Å². The van der Waals surface area contributed by atoms with Gasteiger partial charge in [-0.25, -0.2) is 4.39 Å². The highest BCUT2D eigenvalue weighted by molar-refractivity contribution is 14.0. The highest BCUT2D eigenvalue weighted by atomic mass is 127. The normalized spacial score (nSPS) is 25.8. The van der Waals surface area contributed by atoms with Crippen molar-refractivity contribution in [3.8, 4) is 0 Å². The molecule has 0 amide bonds. The summed E-state index contributed by atoms with van der Waals surface area (Å²) in [7, 11) is 0. The Bertz CT molecular complexity index is 652. The number of halogens is 5. The Morgan fingerprint density at radius 3 is 2.67 bits per heavy atom. The molecule has 4 nitrogen and oxygen atoms in total. The molecule has 27 heavy (non-hydrogen) atoms. The van der Waals surface area contributed by atoms with Gasteiger partial charge in [-0.3, -0.25) is 9.89 Å². The minimum atomic E-state index is -4.17. The maximum atomic E-state index is 13.9. The molecule has 1 aliphatic heterocycles. The summed E-state index contributed by atoms with van der Waals surface area (Å²) < 4.78 is 51.4. The molecule has 0 spiro atoms. The lowest BCUT2D eigenvalue weighted by Crippen LogP contribution is -2.46. The van der Waals surface area contributed by atoms with Crippen LogP contribution >= 0.6 is 24.0 Å². The predicted octanol–water partition coefficient (Wildman–Crippen LogP) is 3.49. The lowest BCUT2D eigenvalue weighted by molar-refractivity contribution is -0.143. The quantitative estimate of drug-likeness (QED) is 0.282. The van der Waals surface area contributed by atoms with Crippen molar-refractivity contribution >= 4 is 29.9 Å². The molecule has 2 aliphatic rings. The lowest BCUT2D eigenvalue weighted by Gasteiger charge is -2.20. The monoisotopic (exact) mass is 500 g/mol. The summed E-state index contributed by atoms with van der Waals surface area (Å²) in [5, 5.41) is 6.52. The van der Waals surface area contributed by atoms with Gasteiger partial charge in [0.1, 0.15) is 5.82 Å². The van der Waals surface area contributed by atoms with Crippen molar-refractivity contribution in [1.29, 1.82) is 0 Å². The third kappa shape index (κ3) is 6.48. The number of nitrogens with zero attached hydrogens (tertiary/aromatic N) is 2. The number of guanidine groups is 1. The molecule has 1 aromatic carbocycles. The first-order valence-corrected chi connectivity index (χ1v) is 8.96. The molecule has 1 aromatic rings. The Morgan fingerprint density at radius 1 is 1.26 bits per heavy atom. The van der Waals surface area contributed by atoms with E-state index in [1.807, 2.05) is 13.0 Å². The number of hydrogen-bond acceptors (Lipinski definition) is 2. The molecule has 152 valence electrons. The van der Waals surface area contributed by atoms with Crippen LogP contribution in [0.3, 0.4) is 0 Å². The van der Waals surface area contributed by atoms with Gasteiger partial charge in [-0.1, -0.05) is 18.2 Å². The molecule has 3 atom stereocenters. The van der Waals surface area contributed by atoms with Crippen molar-refractivity contribution in [2.24, 2.45) is 4.99 Å². The predicted molar refractivity (Wildman–Crippen MR) is 108 cm³/mol. The van der Waals surface area contributed by atoms with Crippen LogP contribution in [0.4, 0.5) is 17.6 Å². The van der Waals surface area contributed by atoms with Crippen LogP contribution in [0.5, 0.6) is 0 Å². The third-order valence-corrected chi connectivity index (χ3v) is 4.75. The van der Waals surface area contributed by atoms with E-state index in [4.69, 9.17) is 0 Å². The van der Waals surface area contributed by atoms with Crippen LogP contribution in [0.1, 0.15) is 31.2 Å². The maximum Gasteiger partial charge on any atom is 0.401 e. The van der Waals surface area contributed by atoms with Crippen LogP contribution < -0.4 is 10.6 Å². The number of hydrogen-bond donors (Lipinski definition) is 2. The number of alkyl halides is 3. The molecular weight excluding hydrogens is 475 g/mol. The summed E-state index contributed by atoms with van der Waals surface area (Å²) >= 11 is 0. The molecule has 1 aliphatic carbocycles. The average molecular weight is 500 g/mol. The molecule has 1 saturated heterocycles. The first kappa shape index (κ1) is 22.2. The lowest BCUT2D eigenvalue weighted by atomic mass is 10.1. The highest BCUT2D eigenvalue weighted by Gasteiger charge is 2.41. The fourth-order valence-corrected chi connectivity index (χ4v) is 3.48. The molecule has 2 fully saturated rings. The van der Waals surface area contributed by atoms with Crippen LogP contribution in [0.2, 0.25) is 0 Å². The zero-order valence-electron chi connectivity index (χ0n) is 15.1. The number of benzene rings is 1. The van der Waals surface area contributed by atoms with Gasteiger partial charge >= 0.3 is 6.18 Å². The van der Waals surface area contributed by atoms with Crippen molar-refractivity contribution in [3.05, 3.63) is 35.6 Å². The molecular formula is C18H25F4IN4. The summed E-state index contributed by atoms with van der Waals surface area (Å²) in [6, 6.07) is 6.76. The standard InChI is InChI=1S/C18H24F4N4.HI/c1-2-23-17(24-12-7-8-26(10-12)11-18(20,21)22)25-16-9-14(16)13-5-3-4-6-15(13)19;/h3-6,12,14,16H,2,7-11H2,1H3,(H2,23,24,25);1H. The minimum absolute atomic E-state index is 0. The maximum absolute atomic E-state index is 13.9. The molecule has 3 unspecified atom stereocenters. The van der Waals surface area contributed by atoms with Gasteiger partial charge in [0.15, 0.2) is 5.96 Å². The van der Waals surface area contributed by atoms with Crippen molar-refractivity contribution in [3.63, 3.8) is 0 Å². The van der Waals surface area contributed by atoms with Gasteiger partial charge in [-0.15, -0.1) is 24.0 Å². The van der Waals surface area contributed by atoms with E-state index < -0.39 is 12.7 Å². The molecule has 3 rings (SSSR count). The van der Waals surface area contributed by atoms with Crippen LogP contribution in [-0.2, 0) is 0 Å². The van der Waals surface area contributed by atoms with Crippen LogP contribution in [0, 0.1) is 5.82 Å². The minimum Gasteiger partial charge on any atom is -0.353 e. The summed E-state index contributed by atoms with van der Waals surface area (Å²) in [5.41, 5.74) is 0.693. The Hall–Kier alpha value is -1.10. The zero-order chi connectivity index (χ0) is 18.7. The first-order valence-electron chi connectivity index (χ1n) is 8.96. The molecule has 0 aromatic heterocycles. The van der Waals surface area contributed by atoms with E-state index in [2.05, 4.69) is 15.6 Å². The van der Waals surface area contributed by atoms with Crippen LogP contribution in [0.15, 0.2) is 29.3 Å². The average Bonchev–Trinajstić information content (AvgIpc) is 3.17. The van der Waals surface area contributed by atoms with Gasteiger partial charge in [0, 0.05) is 37.6 Å². The molecule has 1 heterocycles. The fourth-order valence-electron chi connectivity index (χ4n) is 3.48. The van der Waals surface area contributed by atoms with Gasteiger partial charge < -0.3 is 10.6 Å². The Morgan fingerprint density at radius 2 is 2.00 bits per heavy atom. The molecule has 1 saturated carbocycles. The van der Waals surface area contributed by atoms with Crippen molar-refractivity contribution in [2.45, 2.75) is 43.9 Å². The van der Waals surface area contributed by atoms with Gasteiger partial charge in [-0.05, 0) is 31.4 Å². The van der Waals surface area contributed by atoms with E-state index in [1.54, 1.807) is 12.1 Å². The van der Waals surface area contributed by atoms with Crippen LogP contribution in [-0.4, -0.2) is 55.3 Å². The van der Waals surface area contributed by atoms with Crippen molar-refractivity contribution in [1.82, 2.24) is 15.5 Å². The summed E-state index contributed by atoms with van der Waals surface area (Å²) in [5.74, 6) is 0.489. The van der Waals surface area contributed by atoms with Crippen molar-refractivity contribution in [2.75, 3.05) is 26.2 Å². The van der Waals surface area contributed by atoms with E-state index in [0.29, 0.717) is 37.6 Å².